The predicted molar refractivity (Wildman–Crippen MR) is 108 cm³/mol. The van der Waals surface area contributed by atoms with Crippen LogP contribution in [-0.2, 0) is 10.5 Å². The minimum atomic E-state index is -0.238. The molecular formula is C18H18Cl2N2O3S. The molecule has 0 radical (unpaired) electrons. The van der Waals surface area contributed by atoms with E-state index in [1.807, 2.05) is 6.92 Å². The summed E-state index contributed by atoms with van der Waals surface area (Å²) in [6.45, 7) is 2.27. The van der Waals surface area contributed by atoms with Crippen molar-refractivity contribution in [1.29, 1.82) is 0 Å². The van der Waals surface area contributed by atoms with E-state index in [9.17, 15) is 9.90 Å². The summed E-state index contributed by atoms with van der Waals surface area (Å²) in [5.41, 5.74) is 3.96. The second-order valence-corrected chi connectivity index (χ2v) is 6.95. The van der Waals surface area contributed by atoms with Crippen LogP contribution in [0.3, 0.4) is 0 Å². The Kier molecular flexibility index (Phi) is 8.09. The number of hydrogen-bond donors (Lipinski definition) is 2. The molecule has 2 rings (SSSR count). The Balaban J connectivity index is 1.81. The topological polar surface area (TPSA) is 70.9 Å². The van der Waals surface area contributed by atoms with Crippen LogP contribution in [0, 0.1) is 0 Å². The van der Waals surface area contributed by atoms with Gasteiger partial charge in [-0.15, -0.1) is 11.8 Å². The van der Waals surface area contributed by atoms with Crippen molar-refractivity contribution in [1.82, 2.24) is 5.43 Å². The molecule has 138 valence electrons. The Bertz CT molecular complexity index is 780. The van der Waals surface area contributed by atoms with Crippen LogP contribution in [-0.4, -0.2) is 29.6 Å². The van der Waals surface area contributed by atoms with Gasteiger partial charge < -0.3 is 9.84 Å². The molecule has 0 spiro atoms. The minimum Gasteiger partial charge on any atom is -0.504 e. The van der Waals surface area contributed by atoms with Gasteiger partial charge in [0.15, 0.2) is 11.5 Å². The minimum absolute atomic E-state index is 0.0580. The molecule has 2 N–H and O–H groups in total. The van der Waals surface area contributed by atoms with E-state index in [1.165, 1.54) is 24.0 Å². The van der Waals surface area contributed by atoms with Crippen LogP contribution in [0.5, 0.6) is 11.5 Å². The summed E-state index contributed by atoms with van der Waals surface area (Å²) in [6.07, 6.45) is 1.48. The predicted octanol–water partition coefficient (Wildman–Crippen LogP) is 4.48. The first-order valence-corrected chi connectivity index (χ1v) is 9.70. The van der Waals surface area contributed by atoms with E-state index in [0.29, 0.717) is 33.7 Å². The van der Waals surface area contributed by atoms with Gasteiger partial charge in [-0.25, -0.2) is 5.43 Å². The van der Waals surface area contributed by atoms with Crippen molar-refractivity contribution in [2.45, 2.75) is 12.7 Å². The molecule has 0 heterocycles. The fourth-order valence-electron chi connectivity index (χ4n) is 2.01. The van der Waals surface area contributed by atoms with Gasteiger partial charge in [-0.1, -0.05) is 29.3 Å². The number of hydrogen-bond acceptors (Lipinski definition) is 5. The largest absolute Gasteiger partial charge is 0.504 e. The molecule has 26 heavy (non-hydrogen) atoms. The summed E-state index contributed by atoms with van der Waals surface area (Å²) in [4.78, 5) is 11.8. The highest BCUT2D eigenvalue weighted by molar-refractivity contribution is 7.99. The summed E-state index contributed by atoms with van der Waals surface area (Å²) in [5, 5.41) is 14.7. The Morgan fingerprint density at radius 2 is 2.04 bits per heavy atom. The van der Waals surface area contributed by atoms with Crippen LogP contribution in [0.15, 0.2) is 41.5 Å². The maximum absolute atomic E-state index is 11.8. The third kappa shape index (κ3) is 6.12. The van der Waals surface area contributed by atoms with Crippen molar-refractivity contribution >= 4 is 47.1 Å². The first-order chi connectivity index (χ1) is 12.5. The van der Waals surface area contributed by atoms with Gasteiger partial charge >= 0.3 is 0 Å². The normalized spacial score (nSPS) is 10.9. The third-order valence-corrected chi connectivity index (χ3v) is 4.90. The van der Waals surface area contributed by atoms with Gasteiger partial charge in [0.2, 0.25) is 5.91 Å². The number of aromatic hydroxyl groups is 1. The van der Waals surface area contributed by atoms with Crippen LogP contribution in [0.2, 0.25) is 10.0 Å². The van der Waals surface area contributed by atoms with Gasteiger partial charge in [0.25, 0.3) is 0 Å². The molecule has 2 aromatic carbocycles. The third-order valence-electron chi connectivity index (χ3n) is 3.23. The van der Waals surface area contributed by atoms with E-state index in [1.54, 1.807) is 30.3 Å². The van der Waals surface area contributed by atoms with Gasteiger partial charge in [0, 0.05) is 15.8 Å². The second kappa shape index (κ2) is 10.3. The van der Waals surface area contributed by atoms with Crippen LogP contribution in [0.25, 0.3) is 0 Å². The molecule has 0 atom stereocenters. The maximum atomic E-state index is 11.8. The Morgan fingerprint density at radius 3 is 2.73 bits per heavy atom. The molecule has 0 aliphatic rings. The molecule has 0 saturated carbocycles. The fraction of sp³-hybridized carbons (Fsp3) is 0.222. The molecule has 1 amide bonds. The van der Waals surface area contributed by atoms with Crippen molar-refractivity contribution in [2.75, 3.05) is 12.4 Å². The molecule has 2 aromatic rings. The number of carbonyl (C=O) groups is 1. The summed E-state index contributed by atoms with van der Waals surface area (Å²) in [7, 11) is 0. The monoisotopic (exact) mass is 412 g/mol. The van der Waals surface area contributed by atoms with E-state index in [4.69, 9.17) is 27.9 Å². The number of nitrogens with zero attached hydrogens (tertiary/aromatic N) is 1. The van der Waals surface area contributed by atoms with E-state index in [0.717, 1.165) is 5.56 Å². The lowest BCUT2D eigenvalue weighted by Crippen LogP contribution is -2.19. The Labute approximate surface area is 166 Å². The fourth-order valence-corrected chi connectivity index (χ4v) is 3.57. The van der Waals surface area contributed by atoms with Crippen LogP contribution in [0.1, 0.15) is 18.1 Å². The number of nitrogens with one attached hydrogen (secondary N) is 1. The quantitative estimate of drug-likeness (QED) is 0.495. The van der Waals surface area contributed by atoms with E-state index in [2.05, 4.69) is 10.5 Å². The van der Waals surface area contributed by atoms with Crippen molar-refractivity contribution in [3.63, 3.8) is 0 Å². The maximum Gasteiger partial charge on any atom is 0.250 e. The zero-order valence-electron chi connectivity index (χ0n) is 14.0. The summed E-state index contributed by atoms with van der Waals surface area (Å²) in [5.74, 6) is 0.945. The van der Waals surface area contributed by atoms with Gasteiger partial charge in [0.05, 0.1) is 18.6 Å². The number of amides is 1. The van der Waals surface area contributed by atoms with Crippen LogP contribution < -0.4 is 10.2 Å². The first-order valence-electron chi connectivity index (χ1n) is 7.79. The lowest BCUT2D eigenvalue weighted by atomic mass is 10.2. The average Bonchev–Trinajstić information content (AvgIpc) is 2.60. The smallest absolute Gasteiger partial charge is 0.250 e. The lowest BCUT2D eigenvalue weighted by molar-refractivity contribution is -0.118. The van der Waals surface area contributed by atoms with Crippen LogP contribution >= 0.6 is 35.0 Å². The number of halogens is 2. The highest BCUT2D eigenvalue weighted by atomic mass is 35.5. The van der Waals surface area contributed by atoms with Crippen molar-refractivity contribution < 1.29 is 14.6 Å². The van der Waals surface area contributed by atoms with E-state index >= 15 is 0 Å². The summed E-state index contributed by atoms with van der Waals surface area (Å²) >= 11 is 13.6. The molecule has 0 bridgehead atoms. The molecule has 5 nitrogen and oxygen atoms in total. The highest BCUT2D eigenvalue weighted by Gasteiger charge is 2.07. The molecule has 0 fully saturated rings. The SMILES string of the molecule is CCOc1cc(/C=N\NC(=O)CSCc2c(Cl)cccc2Cl)ccc1O. The molecular weight excluding hydrogens is 395 g/mol. The highest BCUT2D eigenvalue weighted by Crippen LogP contribution is 2.28. The molecule has 0 aliphatic carbocycles. The standard InChI is InChI=1S/C18H18Cl2N2O3S/c1-2-25-17-8-12(6-7-16(17)23)9-21-22-18(24)11-26-10-13-14(19)4-3-5-15(13)20/h3-9,23H,2,10-11H2,1H3,(H,22,24)/b21-9-. The Morgan fingerprint density at radius 1 is 1.31 bits per heavy atom. The molecule has 8 heteroatoms. The summed E-state index contributed by atoms with van der Waals surface area (Å²) in [6, 6.07) is 10.1. The number of phenolic OH excluding ortho intramolecular Hbond substituents is 1. The zero-order valence-corrected chi connectivity index (χ0v) is 16.4. The zero-order chi connectivity index (χ0) is 18.9. The lowest BCUT2D eigenvalue weighted by Gasteiger charge is -2.06. The number of carbonyl (C=O) groups excluding carboxylic acids is 1. The van der Waals surface area contributed by atoms with E-state index in [-0.39, 0.29) is 17.4 Å². The van der Waals surface area contributed by atoms with Crippen molar-refractivity contribution in [2.24, 2.45) is 5.10 Å². The number of hydrazone groups is 1. The number of phenols is 1. The van der Waals surface area contributed by atoms with E-state index < -0.39 is 0 Å². The Hall–Kier alpha value is -1.89. The average molecular weight is 413 g/mol. The van der Waals surface area contributed by atoms with Crippen LogP contribution in [0.4, 0.5) is 0 Å². The summed E-state index contributed by atoms with van der Waals surface area (Å²) < 4.78 is 5.30. The van der Waals surface area contributed by atoms with Gasteiger partial charge in [-0.3, -0.25) is 4.79 Å². The van der Waals surface area contributed by atoms with Crippen molar-refractivity contribution in [3.05, 3.63) is 57.6 Å². The number of benzene rings is 2. The first kappa shape index (κ1) is 20.4. The van der Waals surface area contributed by atoms with Gasteiger partial charge in [0.1, 0.15) is 0 Å². The number of ether oxygens (including phenoxy) is 1. The van der Waals surface area contributed by atoms with Gasteiger partial charge in [-0.05, 0) is 48.4 Å². The molecule has 0 aromatic heterocycles. The van der Waals surface area contributed by atoms with Crippen molar-refractivity contribution in [3.8, 4) is 11.5 Å². The van der Waals surface area contributed by atoms with Gasteiger partial charge in [-0.2, -0.15) is 5.10 Å². The number of thioether (sulfide) groups is 1. The molecule has 0 aliphatic heterocycles. The second-order valence-electron chi connectivity index (χ2n) is 5.15. The number of rotatable bonds is 8. The molecule has 0 saturated heterocycles. The molecule has 0 unspecified atom stereocenters.